The number of aromatic amines is 2. The summed E-state index contributed by atoms with van der Waals surface area (Å²) in [7, 11) is 10.4. The van der Waals surface area contributed by atoms with Gasteiger partial charge in [0, 0.05) is 141 Å². The highest BCUT2D eigenvalue weighted by molar-refractivity contribution is 6.45. The van der Waals surface area contributed by atoms with E-state index < -0.39 is 23.4 Å². The van der Waals surface area contributed by atoms with Gasteiger partial charge in [-0.25, -0.2) is 98.9 Å². The van der Waals surface area contributed by atoms with Gasteiger partial charge in [-0.1, -0.05) is 149 Å². The summed E-state index contributed by atoms with van der Waals surface area (Å²) in [4.78, 5) is 143. The van der Waals surface area contributed by atoms with E-state index in [0.29, 0.717) is 91.4 Å². The predicted octanol–water partition coefficient (Wildman–Crippen LogP) is 12.9. The third-order valence-corrected chi connectivity index (χ3v) is 22.1. The highest BCUT2D eigenvalue weighted by Crippen LogP contribution is 2.39. The molecule has 0 spiro atoms. The molecular formula is C89H84Cl5N30O9+. The lowest BCUT2D eigenvalue weighted by atomic mass is 9.98. The number of nitrogens with one attached hydrogen (secondary N) is 3. The van der Waals surface area contributed by atoms with Gasteiger partial charge in [0.1, 0.15) is 117 Å². The van der Waals surface area contributed by atoms with Crippen LogP contribution in [0.15, 0.2) is 177 Å². The summed E-state index contributed by atoms with van der Waals surface area (Å²) in [6, 6.07) is 30.1. The minimum absolute atomic E-state index is 0.000151. The first-order valence-corrected chi connectivity index (χ1v) is 42.4. The number of aryl methyl sites for hydroxylation is 2. The number of amides is 1. The van der Waals surface area contributed by atoms with E-state index in [4.69, 9.17) is 72.6 Å². The molecule has 0 saturated carbocycles. The molecule has 15 aromatic rings. The van der Waals surface area contributed by atoms with E-state index in [0.717, 1.165) is 104 Å². The van der Waals surface area contributed by atoms with Gasteiger partial charge < -0.3 is 29.3 Å². The molecule has 39 nitrogen and oxygen atoms in total. The molecule has 2 atom stereocenters. The molecule has 0 fully saturated rings. The molecular weight excluding hydrogens is 1810 g/mol. The average molecular weight is 1900 g/mol. The number of Topliss-reactive ketones (excluding diaryl/α,β-unsaturated/α-hetero) is 3. The average Bonchev–Trinajstić information content (AvgIpc) is 0.831. The molecule has 1 amide bonds. The van der Waals surface area contributed by atoms with Crippen LogP contribution in [0, 0.1) is 20.8 Å². The number of ether oxygens (including phenoxy) is 2. The lowest BCUT2D eigenvalue weighted by Gasteiger charge is -2.42. The van der Waals surface area contributed by atoms with Gasteiger partial charge in [-0.05, 0) is 41.5 Å². The third kappa shape index (κ3) is 21.8. The second kappa shape index (κ2) is 43.0. The van der Waals surface area contributed by atoms with E-state index in [1.807, 2.05) is 119 Å². The Morgan fingerprint density at radius 2 is 0.902 bits per heavy atom. The van der Waals surface area contributed by atoms with Crippen molar-refractivity contribution in [1.29, 1.82) is 0 Å². The van der Waals surface area contributed by atoms with Crippen molar-refractivity contribution in [3.05, 3.63) is 255 Å². The number of halogens is 5. The highest BCUT2D eigenvalue weighted by Gasteiger charge is 2.39. The quantitative estimate of drug-likeness (QED) is 0.0243. The molecule has 4 aliphatic rings. The summed E-state index contributed by atoms with van der Waals surface area (Å²) in [5.74, 6) is 1.83. The molecule has 0 radical (unpaired) electrons. The summed E-state index contributed by atoms with van der Waals surface area (Å²) in [6.45, 7) is 14.9. The van der Waals surface area contributed by atoms with E-state index in [9.17, 15) is 28.8 Å². The number of hydrogen-bond donors (Lipinski definition) is 4. The second-order valence-electron chi connectivity index (χ2n) is 29.8. The predicted molar refractivity (Wildman–Crippen MR) is 502 cm³/mol. The van der Waals surface area contributed by atoms with E-state index in [2.05, 4.69) is 147 Å². The van der Waals surface area contributed by atoms with Crippen LogP contribution in [0.5, 0.6) is 11.5 Å². The Hall–Kier alpha value is -15.2. The molecule has 16 heterocycles. The first kappa shape index (κ1) is 95.4. The zero-order valence-electron chi connectivity index (χ0n) is 73.4. The Bertz CT molecular complexity index is 6850. The zero-order chi connectivity index (χ0) is 95.0. The number of hydrazone groups is 2. The largest absolute Gasteiger partial charge is 0.494 e. The molecule has 19 rings (SSSR count). The monoisotopic (exact) mass is 1890 g/mol. The molecule has 678 valence electrons. The number of carbonyl (C=O) groups is 6. The van der Waals surface area contributed by atoms with Crippen molar-refractivity contribution < 1.29 is 43.3 Å². The Morgan fingerprint density at radius 1 is 0.496 bits per heavy atom. The number of hydrogen-bond acceptors (Lipinski definition) is 33. The van der Waals surface area contributed by atoms with Gasteiger partial charge in [0.25, 0.3) is 11.6 Å². The number of pyridine rings is 2. The minimum atomic E-state index is -1.54. The fourth-order valence-electron chi connectivity index (χ4n) is 14.7. The molecule has 0 bridgehead atoms. The number of H-pyrrole nitrogens is 2. The SMILES string of the molecule is CC(=O)Cc1c(Cl)ncnc1Cl.CC1=NN(C)c2ncnc(-c3ccccc3)c2C1.CC1=NN(C)c2ncnc(Cl)c2C1.COc1cnc(-n2cnc(C)n2)c2[nH]cc(C(=O)C(=O)N3C(C)Cc4c(-c5ccccc5)ncnc4N3C)c12.COc1cnc(-n2cnc(C)n2)c2[nH]cc(C(=O)C(=O)O)c12.O=CCc1c(Cl)ncnc1Cl.[CH2+]C1Cc2c(-c3ccccc3)ncnc2N(C)N1. The number of carboxylic acid groups (broad SMARTS) is 1. The Kier molecular flexibility index (Phi) is 30.9. The summed E-state index contributed by atoms with van der Waals surface area (Å²) in [5, 5.41) is 36.9. The van der Waals surface area contributed by atoms with Gasteiger partial charge in [-0.15, -0.1) is 0 Å². The van der Waals surface area contributed by atoms with Crippen LogP contribution in [0.25, 0.3) is 67.2 Å². The zero-order valence-corrected chi connectivity index (χ0v) is 77.2. The normalized spacial score (nSPS) is 13.8. The lowest BCUT2D eigenvalue weighted by molar-refractivity contribution is -0.132. The maximum Gasteiger partial charge on any atom is 0.377 e. The van der Waals surface area contributed by atoms with Crippen LogP contribution in [0.1, 0.15) is 93.4 Å². The number of rotatable bonds is 15. The van der Waals surface area contributed by atoms with Crippen LogP contribution in [0.4, 0.5) is 23.3 Å². The maximum absolute atomic E-state index is 13.8. The van der Waals surface area contributed by atoms with Gasteiger partial charge in [0.2, 0.25) is 0 Å². The first-order valence-electron chi connectivity index (χ1n) is 40.5. The Balaban J connectivity index is 0.000000139. The standard InChI is InChI=1S/C27H25N9O3.C14H15N4.C14H14N4.C13H11N5O4.C8H9ClN4.C7H6Cl2N2O.C6H4Cl2N2O/c1-15-10-18-22(17-8-6-5-7-9-17)30-13-31-25(18)34(3)36(15)27(38)24(37)19-11-28-23-21(19)20(39-4)12-29-26(23)35-14-32-16(2)33-35;2*1-10-8-12-13(11-6-4-3-5-7-11)15-9-16-14(12)18(2)17-10;1-6-16-5-18(17-6)12-10-9(8(22-2)4-15-12)7(3-14-10)11(19)13(20)21;1-5-3-6-7(9)10-4-11-8(6)13(2)12-5;1-4(12)2-5-6(8)10-3-11-7(5)9;7-5-4(1-2-11)6(8)10-3-9-5/h5-9,11-15,28H,10H2,1-4H3;3-7,9-10,17H,1,8H2,2H3;3-7,9H,8H2,1-2H3;3-5,14H,1-2H3,(H,20,21);4H,3H2,1-2H3;3H,2H2,1H3;2-3H,1H2/q;+1;;;;;. The summed E-state index contributed by atoms with van der Waals surface area (Å²) in [6.07, 6.45) is 21.3. The molecule has 4 N–H and O–H groups in total. The molecule has 133 heavy (non-hydrogen) atoms. The van der Waals surface area contributed by atoms with Gasteiger partial charge >= 0.3 is 11.9 Å². The lowest BCUT2D eigenvalue weighted by Crippen LogP contribution is -2.56. The molecule has 2 unspecified atom stereocenters. The fraction of sp³-hybridized carbons (Fsp3) is 0.225. The summed E-state index contributed by atoms with van der Waals surface area (Å²) >= 11 is 28.5. The van der Waals surface area contributed by atoms with Gasteiger partial charge in [0.05, 0.1) is 89.6 Å². The molecule has 4 aliphatic heterocycles. The number of nitrogens with zero attached hydrogens (tertiary/aromatic N) is 27. The number of benzene rings is 3. The van der Waals surface area contributed by atoms with Crippen molar-refractivity contribution in [2.75, 3.05) is 62.4 Å². The molecule has 3 aromatic carbocycles. The molecule has 12 aromatic heterocycles. The number of hydrazine groups is 2. The topological polar surface area (TPSA) is 468 Å². The van der Waals surface area contributed by atoms with Crippen LogP contribution in [0.3, 0.4) is 0 Å². The Labute approximate surface area is 785 Å². The van der Waals surface area contributed by atoms with Crippen LogP contribution in [-0.4, -0.2) is 221 Å². The van der Waals surface area contributed by atoms with Gasteiger partial charge in [-0.2, -0.15) is 25.8 Å². The van der Waals surface area contributed by atoms with Crippen LogP contribution in [-0.2, 0) is 57.7 Å². The van der Waals surface area contributed by atoms with Crippen molar-refractivity contribution in [3.63, 3.8) is 0 Å². The molecule has 0 saturated heterocycles. The summed E-state index contributed by atoms with van der Waals surface area (Å²) < 4.78 is 13.6. The van der Waals surface area contributed by atoms with E-state index in [1.165, 1.54) is 98.3 Å². The smallest absolute Gasteiger partial charge is 0.377 e. The first-order chi connectivity index (χ1) is 64.0. The van der Waals surface area contributed by atoms with E-state index in [1.54, 1.807) is 43.6 Å². The van der Waals surface area contributed by atoms with Crippen LogP contribution in [0.2, 0.25) is 25.8 Å². The Morgan fingerprint density at radius 3 is 1.35 bits per heavy atom. The van der Waals surface area contributed by atoms with Crippen molar-refractivity contribution in [2.24, 2.45) is 10.2 Å². The number of aldehydes is 1. The van der Waals surface area contributed by atoms with Gasteiger partial charge in [-0.3, -0.25) is 39.2 Å². The molecule has 44 heteroatoms. The van der Waals surface area contributed by atoms with Crippen molar-refractivity contribution >= 4 is 150 Å². The summed E-state index contributed by atoms with van der Waals surface area (Å²) in [5.41, 5.74) is 17.6. The second-order valence-corrected chi connectivity index (χ2v) is 31.6. The maximum atomic E-state index is 13.8. The number of carboxylic acids is 1. The number of carbonyl (C=O) groups excluding carboxylic acids is 5. The van der Waals surface area contributed by atoms with Crippen molar-refractivity contribution in [2.45, 2.75) is 92.2 Å². The van der Waals surface area contributed by atoms with Gasteiger partial charge in [0.15, 0.2) is 35.1 Å². The van der Waals surface area contributed by atoms with Crippen LogP contribution < -0.4 is 34.9 Å². The molecule has 0 aliphatic carbocycles. The number of aromatic nitrogens is 22. The van der Waals surface area contributed by atoms with E-state index in [-0.39, 0.29) is 62.4 Å². The fourth-order valence-corrected chi connectivity index (χ4v) is 15.8. The van der Waals surface area contributed by atoms with E-state index >= 15 is 0 Å². The number of fused-ring (bicyclic) bond motifs is 6. The van der Waals surface area contributed by atoms with Crippen molar-refractivity contribution in [1.82, 2.24) is 120 Å². The minimum Gasteiger partial charge on any atom is -0.494 e. The highest BCUT2D eigenvalue weighted by atomic mass is 35.5. The third-order valence-electron chi connectivity index (χ3n) is 20.5. The number of ketones is 3. The van der Waals surface area contributed by atoms with Crippen LogP contribution >= 0.6 is 58.0 Å². The van der Waals surface area contributed by atoms with Crippen molar-refractivity contribution in [3.8, 4) is 56.9 Å². The number of anilines is 4. The number of methoxy groups -OCH3 is 2. The number of aliphatic carboxylic acids is 1.